The van der Waals surface area contributed by atoms with E-state index in [-0.39, 0.29) is 18.0 Å². The number of benzene rings is 1. The van der Waals surface area contributed by atoms with Crippen LogP contribution in [0.1, 0.15) is 37.0 Å². The first-order chi connectivity index (χ1) is 10.6. The number of amides is 3. The summed E-state index contributed by atoms with van der Waals surface area (Å²) in [5.74, 6) is -0.143. The smallest absolute Gasteiger partial charge is 0.319 e. The largest absolute Gasteiger partial charge is 0.350 e. The average Bonchev–Trinajstić information content (AvgIpc) is 3.29. The molecule has 1 aromatic rings. The van der Waals surface area contributed by atoms with Crippen LogP contribution in [-0.2, 0) is 0 Å². The summed E-state index contributed by atoms with van der Waals surface area (Å²) < 4.78 is 0. The van der Waals surface area contributed by atoms with Crippen LogP contribution in [0.3, 0.4) is 0 Å². The number of rotatable bonds is 7. The van der Waals surface area contributed by atoms with Crippen LogP contribution in [0.2, 0.25) is 0 Å². The van der Waals surface area contributed by atoms with E-state index in [1.165, 1.54) is 0 Å². The third-order valence-corrected chi connectivity index (χ3v) is 3.42. The minimum atomic E-state index is -0.221. The first-order valence-electron chi connectivity index (χ1n) is 7.77. The van der Waals surface area contributed by atoms with E-state index < -0.39 is 0 Å². The van der Waals surface area contributed by atoms with Crippen LogP contribution < -0.4 is 21.3 Å². The molecule has 0 radical (unpaired) electrons. The molecule has 0 heterocycles. The lowest BCUT2D eigenvalue weighted by atomic mass is 10.2. The Morgan fingerprint density at radius 3 is 2.77 bits per heavy atom. The van der Waals surface area contributed by atoms with E-state index in [0.717, 1.165) is 19.4 Å². The SMILES string of the molecule is CCN[C@H](C)CNC(=O)c1cccc(NC(=O)NC2CC2)c1. The van der Waals surface area contributed by atoms with Crippen molar-refractivity contribution in [3.63, 3.8) is 0 Å². The molecule has 1 aromatic carbocycles. The number of nitrogens with one attached hydrogen (secondary N) is 4. The molecule has 0 saturated heterocycles. The third kappa shape index (κ3) is 5.37. The van der Waals surface area contributed by atoms with Crippen molar-refractivity contribution in [2.75, 3.05) is 18.4 Å². The van der Waals surface area contributed by atoms with Crippen molar-refractivity contribution in [1.29, 1.82) is 0 Å². The van der Waals surface area contributed by atoms with Crippen molar-refractivity contribution in [3.05, 3.63) is 29.8 Å². The number of hydrogen-bond acceptors (Lipinski definition) is 3. The minimum absolute atomic E-state index is 0.143. The monoisotopic (exact) mass is 304 g/mol. The quantitative estimate of drug-likeness (QED) is 0.619. The molecule has 1 aliphatic rings. The standard InChI is InChI=1S/C16H24N4O2/c1-3-17-11(2)10-18-15(21)12-5-4-6-14(9-12)20-16(22)19-13-7-8-13/h4-6,9,11,13,17H,3,7-8,10H2,1-2H3,(H,18,21)(H2,19,20,22)/t11-/m1/s1. The summed E-state index contributed by atoms with van der Waals surface area (Å²) >= 11 is 0. The van der Waals surface area contributed by atoms with Crippen molar-refractivity contribution >= 4 is 17.6 Å². The minimum Gasteiger partial charge on any atom is -0.350 e. The van der Waals surface area contributed by atoms with Crippen molar-refractivity contribution < 1.29 is 9.59 Å². The molecule has 6 heteroatoms. The summed E-state index contributed by atoms with van der Waals surface area (Å²) in [6.07, 6.45) is 2.08. The van der Waals surface area contributed by atoms with E-state index in [1.54, 1.807) is 24.3 Å². The molecule has 22 heavy (non-hydrogen) atoms. The van der Waals surface area contributed by atoms with Gasteiger partial charge >= 0.3 is 6.03 Å². The fourth-order valence-corrected chi connectivity index (χ4v) is 2.09. The molecule has 4 N–H and O–H groups in total. The lowest BCUT2D eigenvalue weighted by Crippen LogP contribution is -2.38. The molecule has 0 aromatic heterocycles. The summed E-state index contributed by atoms with van der Waals surface area (Å²) in [6, 6.07) is 7.25. The van der Waals surface area contributed by atoms with Gasteiger partial charge in [0.15, 0.2) is 0 Å². The highest BCUT2D eigenvalue weighted by atomic mass is 16.2. The van der Waals surface area contributed by atoms with Crippen molar-refractivity contribution in [2.24, 2.45) is 0 Å². The molecule has 0 spiro atoms. The predicted molar refractivity (Wildman–Crippen MR) is 87.1 cm³/mol. The van der Waals surface area contributed by atoms with Crippen LogP contribution in [0, 0.1) is 0 Å². The van der Waals surface area contributed by atoms with Crippen LogP contribution in [0.15, 0.2) is 24.3 Å². The van der Waals surface area contributed by atoms with Gasteiger partial charge in [0.1, 0.15) is 0 Å². The van der Waals surface area contributed by atoms with Gasteiger partial charge in [-0.2, -0.15) is 0 Å². The molecule has 0 aliphatic heterocycles. The van der Waals surface area contributed by atoms with Gasteiger partial charge in [0, 0.05) is 29.9 Å². The number of urea groups is 1. The molecule has 0 bridgehead atoms. The molecular weight excluding hydrogens is 280 g/mol. The van der Waals surface area contributed by atoms with Gasteiger partial charge in [-0.3, -0.25) is 4.79 Å². The third-order valence-electron chi connectivity index (χ3n) is 3.42. The molecule has 1 fully saturated rings. The second-order valence-electron chi connectivity index (χ2n) is 5.62. The highest BCUT2D eigenvalue weighted by Crippen LogP contribution is 2.19. The van der Waals surface area contributed by atoms with Gasteiger partial charge in [-0.1, -0.05) is 13.0 Å². The Labute approximate surface area is 131 Å². The first kappa shape index (κ1) is 16.3. The summed E-state index contributed by atoms with van der Waals surface area (Å²) in [6.45, 7) is 5.48. The molecule has 6 nitrogen and oxygen atoms in total. The molecular formula is C16H24N4O2. The number of carbonyl (C=O) groups excluding carboxylic acids is 2. The molecule has 1 atom stereocenters. The summed E-state index contributed by atoms with van der Waals surface area (Å²) in [4.78, 5) is 23.8. The summed E-state index contributed by atoms with van der Waals surface area (Å²) in [5.41, 5.74) is 1.15. The van der Waals surface area contributed by atoms with Gasteiger partial charge in [0.05, 0.1) is 0 Å². The lowest BCUT2D eigenvalue weighted by Gasteiger charge is -2.13. The van der Waals surface area contributed by atoms with E-state index in [0.29, 0.717) is 23.8 Å². The van der Waals surface area contributed by atoms with Crippen LogP contribution >= 0.6 is 0 Å². The Balaban J connectivity index is 1.86. The molecule has 3 amide bonds. The molecule has 2 rings (SSSR count). The maximum absolute atomic E-state index is 12.1. The van der Waals surface area contributed by atoms with Gasteiger partial charge in [-0.05, 0) is 44.5 Å². The number of anilines is 1. The van der Waals surface area contributed by atoms with Crippen LogP contribution in [0.5, 0.6) is 0 Å². The Hall–Kier alpha value is -2.08. The van der Waals surface area contributed by atoms with E-state index >= 15 is 0 Å². The average molecular weight is 304 g/mol. The summed E-state index contributed by atoms with van der Waals surface area (Å²) in [7, 11) is 0. The van der Waals surface area contributed by atoms with E-state index in [9.17, 15) is 9.59 Å². The van der Waals surface area contributed by atoms with Crippen molar-refractivity contribution in [2.45, 2.75) is 38.8 Å². The second kappa shape index (κ2) is 7.79. The van der Waals surface area contributed by atoms with Crippen LogP contribution in [-0.4, -0.2) is 37.1 Å². The number of hydrogen-bond donors (Lipinski definition) is 4. The van der Waals surface area contributed by atoms with Gasteiger partial charge in [-0.25, -0.2) is 4.79 Å². The molecule has 0 unspecified atom stereocenters. The van der Waals surface area contributed by atoms with E-state index in [4.69, 9.17) is 0 Å². The topological polar surface area (TPSA) is 82.3 Å². The van der Waals surface area contributed by atoms with E-state index in [1.807, 2.05) is 13.8 Å². The lowest BCUT2D eigenvalue weighted by molar-refractivity contribution is 0.0950. The van der Waals surface area contributed by atoms with E-state index in [2.05, 4.69) is 21.3 Å². The maximum atomic E-state index is 12.1. The molecule has 1 saturated carbocycles. The Bertz CT molecular complexity index is 529. The number of likely N-dealkylation sites (N-methyl/N-ethyl adjacent to an activating group) is 1. The highest BCUT2D eigenvalue weighted by molar-refractivity contribution is 5.96. The number of carbonyl (C=O) groups is 2. The fourth-order valence-electron chi connectivity index (χ4n) is 2.09. The van der Waals surface area contributed by atoms with Crippen LogP contribution in [0.25, 0.3) is 0 Å². The zero-order chi connectivity index (χ0) is 15.9. The van der Waals surface area contributed by atoms with Crippen molar-refractivity contribution in [3.8, 4) is 0 Å². The van der Waals surface area contributed by atoms with Gasteiger partial charge < -0.3 is 21.3 Å². The van der Waals surface area contributed by atoms with Gasteiger partial charge in [0.2, 0.25) is 0 Å². The zero-order valence-corrected chi connectivity index (χ0v) is 13.1. The Kier molecular flexibility index (Phi) is 5.77. The first-order valence-corrected chi connectivity index (χ1v) is 7.77. The maximum Gasteiger partial charge on any atom is 0.319 e. The normalized spacial score (nSPS) is 15.0. The fraction of sp³-hybridized carbons (Fsp3) is 0.500. The Morgan fingerprint density at radius 1 is 1.32 bits per heavy atom. The molecule has 120 valence electrons. The Morgan fingerprint density at radius 2 is 2.09 bits per heavy atom. The van der Waals surface area contributed by atoms with Crippen molar-refractivity contribution in [1.82, 2.24) is 16.0 Å². The zero-order valence-electron chi connectivity index (χ0n) is 13.1. The molecule has 1 aliphatic carbocycles. The van der Waals surface area contributed by atoms with Gasteiger partial charge in [-0.15, -0.1) is 0 Å². The van der Waals surface area contributed by atoms with Crippen LogP contribution in [0.4, 0.5) is 10.5 Å². The predicted octanol–water partition coefficient (Wildman–Crippen LogP) is 1.70. The second-order valence-corrected chi connectivity index (χ2v) is 5.62. The summed E-state index contributed by atoms with van der Waals surface area (Å²) in [5, 5.41) is 11.7. The highest BCUT2D eigenvalue weighted by Gasteiger charge is 2.23. The van der Waals surface area contributed by atoms with Gasteiger partial charge in [0.25, 0.3) is 5.91 Å².